The summed E-state index contributed by atoms with van der Waals surface area (Å²) in [6, 6.07) is 13.7. The maximum atomic E-state index is 13.3. The summed E-state index contributed by atoms with van der Waals surface area (Å²) in [5.41, 5.74) is 4.98. The smallest absolute Gasteiger partial charge is 0.263 e. The van der Waals surface area contributed by atoms with Crippen molar-refractivity contribution in [3.8, 4) is 16.9 Å². The number of carbonyl (C=O) groups is 1. The van der Waals surface area contributed by atoms with Gasteiger partial charge in [-0.15, -0.1) is 11.3 Å². The highest BCUT2D eigenvalue weighted by molar-refractivity contribution is 7.17. The highest BCUT2D eigenvalue weighted by Gasteiger charge is 2.23. The van der Waals surface area contributed by atoms with E-state index in [1.807, 2.05) is 35.7 Å². The molecule has 3 heterocycles. The largest absolute Gasteiger partial charge is 0.493 e. The molecule has 1 aliphatic heterocycles. The Labute approximate surface area is 189 Å². The van der Waals surface area contributed by atoms with Gasteiger partial charge >= 0.3 is 0 Å². The van der Waals surface area contributed by atoms with Crippen LogP contribution in [0.3, 0.4) is 0 Å². The third kappa shape index (κ3) is 3.69. The zero-order chi connectivity index (χ0) is 22.2. The van der Waals surface area contributed by atoms with E-state index < -0.39 is 0 Å². The van der Waals surface area contributed by atoms with Crippen LogP contribution in [0.1, 0.15) is 29.2 Å². The van der Waals surface area contributed by atoms with Crippen molar-refractivity contribution in [3.63, 3.8) is 0 Å². The third-order valence-corrected chi connectivity index (χ3v) is 6.87. The molecule has 1 atom stereocenters. The fraction of sp³-hybridized carbons (Fsp3) is 0.240. The summed E-state index contributed by atoms with van der Waals surface area (Å²) in [6.07, 6.45) is 2.15. The van der Waals surface area contributed by atoms with Crippen LogP contribution in [0.5, 0.6) is 5.75 Å². The monoisotopic (exact) mass is 445 g/mol. The zero-order valence-corrected chi connectivity index (χ0v) is 18.7. The van der Waals surface area contributed by atoms with Gasteiger partial charge in [0.25, 0.3) is 5.56 Å². The van der Waals surface area contributed by atoms with Gasteiger partial charge in [0.15, 0.2) is 0 Å². The molecule has 6 nitrogen and oxygen atoms in total. The SMILES string of the molecule is Cc1ccc(-c2csc3ncn(CC(=O)NC4CCOc5ccccc54)c(=O)c23)cc1C. The molecule has 0 radical (unpaired) electrons. The molecule has 0 spiro atoms. The number of para-hydroxylation sites is 1. The van der Waals surface area contributed by atoms with E-state index in [4.69, 9.17) is 4.74 Å². The second kappa shape index (κ2) is 8.24. The topological polar surface area (TPSA) is 73.2 Å². The number of nitrogens with one attached hydrogen (secondary N) is 1. The first-order valence-corrected chi connectivity index (χ1v) is 11.4. The molecule has 0 saturated heterocycles. The van der Waals surface area contributed by atoms with Crippen LogP contribution in [0.2, 0.25) is 0 Å². The Hall–Kier alpha value is -3.45. The van der Waals surface area contributed by atoms with Crippen LogP contribution in [0, 0.1) is 13.8 Å². The quantitative estimate of drug-likeness (QED) is 0.506. The van der Waals surface area contributed by atoms with Crippen LogP contribution < -0.4 is 15.6 Å². The molecule has 0 aliphatic carbocycles. The summed E-state index contributed by atoms with van der Waals surface area (Å²) in [7, 11) is 0. The van der Waals surface area contributed by atoms with Crippen molar-refractivity contribution in [3.05, 3.63) is 81.2 Å². The van der Waals surface area contributed by atoms with Crippen molar-refractivity contribution in [2.24, 2.45) is 0 Å². The van der Waals surface area contributed by atoms with Crippen molar-refractivity contribution in [1.82, 2.24) is 14.9 Å². The van der Waals surface area contributed by atoms with Gasteiger partial charge < -0.3 is 10.1 Å². The predicted octanol–water partition coefficient (Wildman–Crippen LogP) is 4.38. The van der Waals surface area contributed by atoms with E-state index in [9.17, 15) is 9.59 Å². The first-order chi connectivity index (χ1) is 15.5. The molecule has 2 aromatic carbocycles. The van der Waals surface area contributed by atoms with E-state index >= 15 is 0 Å². The van der Waals surface area contributed by atoms with Crippen molar-refractivity contribution in [2.45, 2.75) is 32.9 Å². The number of amides is 1. The number of hydrogen-bond donors (Lipinski definition) is 1. The van der Waals surface area contributed by atoms with Gasteiger partial charge in [0.05, 0.1) is 24.4 Å². The van der Waals surface area contributed by atoms with Crippen molar-refractivity contribution < 1.29 is 9.53 Å². The molecule has 0 fully saturated rings. The van der Waals surface area contributed by atoms with Crippen LogP contribution >= 0.6 is 11.3 Å². The Morgan fingerprint density at radius 1 is 1.22 bits per heavy atom. The average Bonchev–Trinajstić information content (AvgIpc) is 3.23. The number of aromatic nitrogens is 2. The van der Waals surface area contributed by atoms with E-state index in [-0.39, 0.29) is 24.1 Å². The number of rotatable bonds is 4. The Bertz CT molecular complexity index is 1390. The van der Waals surface area contributed by atoms with Gasteiger partial charge in [-0.1, -0.05) is 36.4 Å². The zero-order valence-electron chi connectivity index (χ0n) is 17.9. The molecule has 1 aliphatic rings. The summed E-state index contributed by atoms with van der Waals surface area (Å²) in [6.45, 7) is 4.59. The van der Waals surface area contributed by atoms with Crippen molar-refractivity contribution in [2.75, 3.05) is 6.61 Å². The minimum absolute atomic E-state index is 0.0799. The van der Waals surface area contributed by atoms with E-state index in [0.717, 1.165) is 22.4 Å². The van der Waals surface area contributed by atoms with Crippen LogP contribution in [0.15, 0.2) is 59.0 Å². The van der Waals surface area contributed by atoms with Gasteiger partial charge in [0.2, 0.25) is 5.91 Å². The lowest BCUT2D eigenvalue weighted by molar-refractivity contribution is -0.122. The van der Waals surface area contributed by atoms with E-state index in [1.54, 1.807) is 0 Å². The standard InChI is InChI=1S/C25H23N3O3S/c1-15-7-8-17(11-16(15)2)19-13-32-24-23(19)25(30)28(14-26-24)12-22(29)27-20-9-10-31-21-6-4-3-5-18(20)21/h3-8,11,13-14,20H,9-10,12H2,1-2H3,(H,27,29). The fourth-order valence-corrected chi connectivity index (χ4v) is 4.99. The molecule has 5 rings (SSSR count). The highest BCUT2D eigenvalue weighted by atomic mass is 32.1. The van der Waals surface area contributed by atoms with Crippen LogP contribution in [0.4, 0.5) is 0 Å². The first kappa shape index (κ1) is 20.5. The molecule has 1 amide bonds. The Kier molecular flexibility index (Phi) is 5.27. The lowest BCUT2D eigenvalue weighted by atomic mass is 10.0. The van der Waals surface area contributed by atoms with Crippen LogP contribution in [-0.4, -0.2) is 22.1 Å². The maximum absolute atomic E-state index is 13.3. The van der Waals surface area contributed by atoms with Gasteiger partial charge in [-0.25, -0.2) is 4.98 Å². The summed E-state index contributed by atoms with van der Waals surface area (Å²) in [4.78, 5) is 31.2. The minimum Gasteiger partial charge on any atom is -0.493 e. The fourth-order valence-electron chi connectivity index (χ4n) is 4.09. The number of carbonyl (C=O) groups excluding carboxylic acids is 1. The number of hydrogen-bond acceptors (Lipinski definition) is 5. The van der Waals surface area contributed by atoms with Crippen molar-refractivity contribution >= 4 is 27.5 Å². The molecule has 0 bridgehead atoms. The maximum Gasteiger partial charge on any atom is 0.263 e. The lowest BCUT2D eigenvalue weighted by Crippen LogP contribution is -2.36. The van der Waals surface area contributed by atoms with Crippen LogP contribution in [-0.2, 0) is 11.3 Å². The second-order valence-electron chi connectivity index (χ2n) is 8.10. The van der Waals surface area contributed by atoms with Gasteiger partial charge in [-0.2, -0.15) is 0 Å². The molecule has 1 unspecified atom stereocenters. The number of ether oxygens (including phenoxy) is 1. The van der Waals surface area contributed by atoms with E-state index in [0.29, 0.717) is 23.2 Å². The van der Waals surface area contributed by atoms with E-state index in [2.05, 4.69) is 36.3 Å². The molecule has 32 heavy (non-hydrogen) atoms. The summed E-state index contributed by atoms with van der Waals surface area (Å²) < 4.78 is 7.06. The molecular formula is C25H23N3O3S. The Balaban J connectivity index is 1.43. The molecule has 2 aromatic heterocycles. The number of aryl methyl sites for hydroxylation is 2. The van der Waals surface area contributed by atoms with Gasteiger partial charge in [0.1, 0.15) is 17.1 Å². The van der Waals surface area contributed by atoms with E-state index in [1.165, 1.54) is 33.4 Å². The molecule has 0 saturated carbocycles. The average molecular weight is 446 g/mol. The first-order valence-electron chi connectivity index (χ1n) is 10.6. The lowest BCUT2D eigenvalue weighted by Gasteiger charge is -2.26. The molecule has 4 aromatic rings. The number of benzene rings is 2. The summed E-state index contributed by atoms with van der Waals surface area (Å²) >= 11 is 1.44. The summed E-state index contributed by atoms with van der Waals surface area (Å²) in [5.74, 6) is 0.568. The highest BCUT2D eigenvalue weighted by Crippen LogP contribution is 2.32. The third-order valence-electron chi connectivity index (χ3n) is 5.99. The molecular weight excluding hydrogens is 422 g/mol. The Morgan fingerprint density at radius 3 is 2.91 bits per heavy atom. The number of fused-ring (bicyclic) bond motifs is 2. The molecule has 1 N–H and O–H groups in total. The van der Waals surface area contributed by atoms with Gasteiger partial charge in [-0.05, 0) is 36.6 Å². The second-order valence-corrected chi connectivity index (χ2v) is 8.96. The normalized spacial score (nSPS) is 15.2. The van der Waals surface area contributed by atoms with Crippen molar-refractivity contribution in [1.29, 1.82) is 0 Å². The predicted molar refractivity (Wildman–Crippen MR) is 126 cm³/mol. The summed E-state index contributed by atoms with van der Waals surface area (Å²) in [5, 5.41) is 5.57. The van der Waals surface area contributed by atoms with Crippen LogP contribution in [0.25, 0.3) is 21.3 Å². The molecule has 162 valence electrons. The minimum atomic E-state index is -0.224. The number of nitrogens with zero attached hydrogens (tertiary/aromatic N) is 2. The van der Waals surface area contributed by atoms with Gasteiger partial charge in [-0.3, -0.25) is 14.2 Å². The molecule has 7 heteroatoms. The van der Waals surface area contributed by atoms with Gasteiger partial charge in [0, 0.05) is 22.9 Å². The number of thiophene rings is 1. The Morgan fingerprint density at radius 2 is 2.06 bits per heavy atom.